The van der Waals surface area contributed by atoms with Crippen LogP contribution in [0, 0.1) is 11.7 Å². The Morgan fingerprint density at radius 3 is 2.42 bits per heavy atom. The number of amides is 1. The minimum Gasteiger partial charge on any atom is -0.337 e. The first kappa shape index (κ1) is 23.5. The number of ketones is 1. The van der Waals surface area contributed by atoms with Gasteiger partial charge in [0.15, 0.2) is 17.4 Å². The van der Waals surface area contributed by atoms with Crippen LogP contribution in [0.2, 0.25) is 5.02 Å². The predicted molar refractivity (Wildman–Crippen MR) is 115 cm³/mol. The van der Waals surface area contributed by atoms with Crippen LogP contribution in [-0.2, 0) is 20.9 Å². The third-order valence-corrected chi connectivity index (χ3v) is 6.66. The molecule has 0 radical (unpaired) electrons. The van der Waals surface area contributed by atoms with Gasteiger partial charge in [0.1, 0.15) is 5.54 Å². The predicted octanol–water partition coefficient (Wildman–Crippen LogP) is 4.14. The molecular formula is C22H18Cl2F3N3O3. The number of rotatable bonds is 5. The maximum absolute atomic E-state index is 14.5. The van der Waals surface area contributed by atoms with E-state index in [-0.39, 0.29) is 54.7 Å². The zero-order valence-electron chi connectivity index (χ0n) is 17.1. The van der Waals surface area contributed by atoms with Crippen molar-refractivity contribution in [3.63, 3.8) is 0 Å². The molecular weight excluding hydrogens is 482 g/mol. The van der Waals surface area contributed by atoms with Crippen molar-refractivity contribution < 1.29 is 27.6 Å². The highest BCUT2D eigenvalue weighted by molar-refractivity contribution is 6.64. The first-order valence-corrected chi connectivity index (χ1v) is 10.8. The second-order valence-electron chi connectivity index (χ2n) is 8.20. The number of alkyl halides is 2. The highest BCUT2D eigenvalue weighted by atomic mass is 35.5. The number of aromatic nitrogens is 1. The molecule has 1 saturated carbocycles. The SMILES string of the molecule is O=C(Cl)C1CC2(C1)C(=O)CN(c1ncc(Cl)cc1F)CC(=O)N2Cc1ccc(C(F)F)cc1. The Kier molecular flexibility index (Phi) is 6.37. The summed E-state index contributed by atoms with van der Waals surface area (Å²) in [5, 5.41) is -0.537. The molecule has 6 nitrogen and oxygen atoms in total. The van der Waals surface area contributed by atoms with Crippen LogP contribution in [0.25, 0.3) is 0 Å². The van der Waals surface area contributed by atoms with Crippen molar-refractivity contribution in [2.45, 2.75) is 31.4 Å². The Morgan fingerprint density at radius 2 is 1.85 bits per heavy atom. The maximum atomic E-state index is 14.5. The van der Waals surface area contributed by atoms with Crippen LogP contribution in [0.3, 0.4) is 0 Å². The minimum atomic E-state index is -2.63. The van der Waals surface area contributed by atoms with Crippen molar-refractivity contribution in [2.24, 2.45) is 5.92 Å². The Morgan fingerprint density at radius 1 is 1.18 bits per heavy atom. The van der Waals surface area contributed by atoms with Gasteiger partial charge in [-0.25, -0.2) is 18.2 Å². The lowest BCUT2D eigenvalue weighted by Crippen LogP contribution is -2.64. The number of halogens is 5. The fourth-order valence-electron chi connectivity index (χ4n) is 4.36. The van der Waals surface area contributed by atoms with Crippen molar-refractivity contribution >= 4 is 46.0 Å². The first-order chi connectivity index (χ1) is 15.6. The third kappa shape index (κ3) is 4.44. The highest BCUT2D eigenvalue weighted by Crippen LogP contribution is 2.46. The van der Waals surface area contributed by atoms with Crippen molar-refractivity contribution in [1.82, 2.24) is 9.88 Å². The van der Waals surface area contributed by atoms with E-state index in [0.717, 1.165) is 6.07 Å². The second-order valence-corrected chi connectivity index (χ2v) is 9.01. The van der Waals surface area contributed by atoms with Crippen LogP contribution in [0.5, 0.6) is 0 Å². The zero-order valence-corrected chi connectivity index (χ0v) is 18.6. The summed E-state index contributed by atoms with van der Waals surface area (Å²) in [5.41, 5.74) is -0.936. The largest absolute Gasteiger partial charge is 0.337 e. The van der Waals surface area contributed by atoms with Gasteiger partial charge in [0.05, 0.1) is 18.1 Å². The summed E-state index contributed by atoms with van der Waals surface area (Å²) in [5.74, 6) is -2.44. The number of pyridine rings is 1. The molecule has 0 atom stereocenters. The molecule has 2 fully saturated rings. The van der Waals surface area contributed by atoms with Gasteiger partial charge in [-0.05, 0) is 36.1 Å². The molecule has 174 valence electrons. The van der Waals surface area contributed by atoms with Crippen LogP contribution in [0.1, 0.15) is 30.4 Å². The summed E-state index contributed by atoms with van der Waals surface area (Å²) in [7, 11) is 0. The fraction of sp³-hybridized carbons (Fsp3) is 0.364. The van der Waals surface area contributed by atoms with Gasteiger partial charge in [-0.1, -0.05) is 35.9 Å². The molecule has 4 rings (SSSR count). The van der Waals surface area contributed by atoms with Gasteiger partial charge < -0.3 is 9.80 Å². The molecule has 1 aliphatic carbocycles. The smallest absolute Gasteiger partial charge is 0.263 e. The summed E-state index contributed by atoms with van der Waals surface area (Å²) in [6, 6.07) is 6.45. The lowest BCUT2D eigenvalue weighted by Gasteiger charge is -2.51. The van der Waals surface area contributed by atoms with E-state index >= 15 is 0 Å². The van der Waals surface area contributed by atoms with Gasteiger partial charge in [0.2, 0.25) is 11.1 Å². The molecule has 0 bridgehead atoms. The first-order valence-electron chi connectivity index (χ1n) is 10.1. The molecule has 1 spiro atoms. The lowest BCUT2D eigenvalue weighted by atomic mass is 9.65. The summed E-state index contributed by atoms with van der Waals surface area (Å²) in [6.07, 6.45) is -1.34. The average molecular weight is 500 g/mol. The molecule has 33 heavy (non-hydrogen) atoms. The Labute approximate surface area is 197 Å². The molecule has 2 aromatic rings. The summed E-state index contributed by atoms with van der Waals surface area (Å²) in [4.78, 5) is 44.8. The van der Waals surface area contributed by atoms with Gasteiger partial charge >= 0.3 is 0 Å². The number of hydrogen-bond donors (Lipinski definition) is 0. The number of benzene rings is 1. The molecule has 1 aromatic carbocycles. The number of carbonyl (C=O) groups excluding carboxylic acids is 3. The average Bonchev–Trinajstić information content (AvgIpc) is 2.81. The summed E-state index contributed by atoms with van der Waals surface area (Å²) >= 11 is 11.4. The van der Waals surface area contributed by atoms with E-state index in [1.165, 1.54) is 40.3 Å². The van der Waals surface area contributed by atoms with Crippen molar-refractivity contribution in [2.75, 3.05) is 18.0 Å². The van der Waals surface area contributed by atoms with Gasteiger partial charge in [0, 0.05) is 24.2 Å². The Bertz CT molecular complexity index is 1110. The van der Waals surface area contributed by atoms with E-state index in [4.69, 9.17) is 23.2 Å². The van der Waals surface area contributed by atoms with E-state index < -0.39 is 34.8 Å². The molecule has 2 aliphatic rings. The number of nitrogens with zero attached hydrogens (tertiary/aromatic N) is 3. The van der Waals surface area contributed by atoms with Crippen LogP contribution < -0.4 is 4.90 Å². The van der Waals surface area contributed by atoms with E-state index in [9.17, 15) is 27.6 Å². The highest BCUT2D eigenvalue weighted by Gasteiger charge is 2.58. The fourth-order valence-corrected chi connectivity index (χ4v) is 4.66. The van der Waals surface area contributed by atoms with Crippen LogP contribution in [0.4, 0.5) is 19.0 Å². The second kappa shape index (κ2) is 8.95. The molecule has 1 aliphatic heterocycles. The molecule has 1 saturated heterocycles. The molecule has 1 aromatic heterocycles. The van der Waals surface area contributed by atoms with Crippen LogP contribution >= 0.6 is 23.2 Å². The topological polar surface area (TPSA) is 70.6 Å². The molecule has 11 heteroatoms. The molecule has 2 heterocycles. The standard InChI is InChI=1S/C22H18Cl2F3N3O3/c23-15-5-16(25)21(28-8-15)29-10-17(31)22(6-14(7-22)19(24)33)30(18(32)11-29)9-12-1-3-13(4-2-12)20(26)27/h1-5,8,14,20H,6-7,9-11H2. The number of Topliss-reactive ketones (excluding diaryl/α,β-unsaturated/α-hetero) is 1. The summed E-state index contributed by atoms with van der Waals surface area (Å²) in [6.45, 7) is -0.684. The third-order valence-electron chi connectivity index (χ3n) is 6.15. The van der Waals surface area contributed by atoms with E-state index in [2.05, 4.69) is 4.98 Å². The monoisotopic (exact) mass is 499 g/mol. The van der Waals surface area contributed by atoms with E-state index in [1.807, 2.05) is 0 Å². The van der Waals surface area contributed by atoms with Crippen molar-refractivity contribution in [3.05, 3.63) is 58.5 Å². The minimum absolute atomic E-state index is 0.0400. The van der Waals surface area contributed by atoms with Gasteiger partial charge in [0.25, 0.3) is 6.43 Å². The number of hydrogen-bond acceptors (Lipinski definition) is 5. The van der Waals surface area contributed by atoms with Gasteiger partial charge in [-0.15, -0.1) is 0 Å². The molecule has 0 N–H and O–H groups in total. The molecule has 0 unspecified atom stereocenters. The van der Waals surface area contributed by atoms with Crippen LogP contribution in [-0.4, -0.2) is 45.4 Å². The van der Waals surface area contributed by atoms with Gasteiger partial charge in [-0.2, -0.15) is 0 Å². The quantitative estimate of drug-likeness (QED) is 0.578. The lowest BCUT2D eigenvalue weighted by molar-refractivity contribution is -0.155. The molecule has 1 amide bonds. The van der Waals surface area contributed by atoms with Gasteiger partial charge in [-0.3, -0.25) is 14.4 Å². The zero-order chi connectivity index (χ0) is 23.9. The Balaban J connectivity index is 1.67. The van der Waals surface area contributed by atoms with Crippen molar-refractivity contribution in [3.8, 4) is 0 Å². The van der Waals surface area contributed by atoms with Crippen LogP contribution in [0.15, 0.2) is 36.5 Å². The normalized spacial score (nSPS) is 23.2. The van der Waals surface area contributed by atoms with E-state index in [0.29, 0.717) is 5.56 Å². The maximum Gasteiger partial charge on any atom is 0.263 e. The van der Waals surface area contributed by atoms with E-state index in [1.54, 1.807) is 0 Å². The number of anilines is 1. The number of carbonyl (C=O) groups is 3. The summed E-state index contributed by atoms with van der Waals surface area (Å²) < 4.78 is 40.3. The van der Waals surface area contributed by atoms with Crippen molar-refractivity contribution in [1.29, 1.82) is 0 Å². The Hall–Kier alpha value is -2.65.